The summed E-state index contributed by atoms with van der Waals surface area (Å²) in [7, 11) is -1.59. The first-order chi connectivity index (χ1) is 41.3. The molecule has 0 aliphatic carbocycles. The lowest BCUT2D eigenvalue weighted by molar-refractivity contribution is -0.149. The Morgan fingerprint density at radius 2 is 1.40 bits per heavy atom. The van der Waals surface area contributed by atoms with E-state index in [9.17, 15) is 42.0 Å². The molecule has 0 saturated carbocycles. The fourth-order valence-electron chi connectivity index (χ4n) is 8.50. The Kier molecular flexibility index (Phi) is 19.6. The summed E-state index contributed by atoms with van der Waals surface area (Å²) in [6.45, 7) is 10.8. The molecule has 0 unspecified atom stereocenters. The van der Waals surface area contributed by atoms with Gasteiger partial charge in [0.15, 0.2) is 11.9 Å². The molecule has 0 radical (unpaired) electrons. The minimum atomic E-state index is -4.49. The number of nitrogens with zero attached hydrogens (tertiary/aromatic N) is 7. The van der Waals surface area contributed by atoms with Crippen LogP contribution in [0.25, 0.3) is 43.4 Å². The highest BCUT2D eigenvalue weighted by molar-refractivity contribution is 7.91. The zero-order chi connectivity index (χ0) is 62.5. The monoisotopic (exact) mass is 1320 g/mol. The molecule has 0 fully saturated rings. The summed E-state index contributed by atoms with van der Waals surface area (Å²) < 4.78 is 46.4. The standard InChI is InChI=1S/C54H56N14O12S7/c1-24(2)38-52-66-41(34(86-52)19-78-9)45(73)56-18-37(71)63-42(43(79-26(4)69)27-13-11-10-12-14-27)51-61-33(22-83-51)49-59-31(20-82-49)40-28(15-16-29(57-40)48-62-35(23-84-48)67-87(76,77)68-53(75)80-54(5,6)7)47-60-32(21-81-47)44(72)58-30(17-36(70)55-8)50-65-39(25(3)85-50)46(74)64-38/h10-16,20-24,30,38,42-43,67H,17-19H2,1-9H3,(H,55,70)(H,56,73)(H,58,72)(H,63,71)(H,64,74)(H,68,75)/t30-,38-,42-,43-/m0/s1. The summed E-state index contributed by atoms with van der Waals surface area (Å²) >= 11 is 6.78. The highest BCUT2D eigenvalue weighted by Gasteiger charge is 2.35. The Morgan fingerprint density at radius 1 is 0.713 bits per heavy atom. The lowest BCUT2D eigenvalue weighted by atomic mass is 10.0. The maximum absolute atomic E-state index is 14.3. The molecule has 9 rings (SSSR count). The first kappa shape index (κ1) is 63.5. The number of carbonyl (C=O) groups is 7. The van der Waals surface area contributed by atoms with Gasteiger partial charge in [-0.05, 0) is 51.3 Å². The molecule has 1 aliphatic rings. The van der Waals surface area contributed by atoms with E-state index in [2.05, 4.69) is 41.3 Å². The molecule has 26 nitrogen and oxygen atoms in total. The van der Waals surface area contributed by atoms with E-state index in [0.29, 0.717) is 52.3 Å². The van der Waals surface area contributed by atoms with Gasteiger partial charge in [0.2, 0.25) is 11.8 Å². The second kappa shape index (κ2) is 26.9. The van der Waals surface area contributed by atoms with Crippen molar-refractivity contribution in [1.82, 2.24) is 66.2 Å². The number of hydrogen-bond donors (Lipinski definition) is 7. The van der Waals surface area contributed by atoms with Crippen LogP contribution in [0.2, 0.25) is 0 Å². The second-order valence-electron chi connectivity index (χ2n) is 20.5. The predicted molar refractivity (Wildman–Crippen MR) is 328 cm³/mol. The maximum atomic E-state index is 14.3. The second-order valence-corrected chi connectivity index (χ2v) is 27.7. The van der Waals surface area contributed by atoms with E-state index >= 15 is 0 Å². The first-order valence-corrected chi connectivity index (χ1v) is 32.9. The van der Waals surface area contributed by atoms with E-state index in [1.165, 1.54) is 43.2 Å². The zero-order valence-electron chi connectivity index (χ0n) is 47.7. The highest BCUT2D eigenvalue weighted by Crippen LogP contribution is 2.41. The molecule has 8 aromatic rings. The quantitative estimate of drug-likeness (QED) is 0.0568. The Labute approximate surface area is 522 Å². The van der Waals surface area contributed by atoms with Gasteiger partial charge in [-0.15, -0.1) is 68.0 Å². The van der Waals surface area contributed by atoms with Crippen molar-refractivity contribution in [2.45, 2.75) is 91.3 Å². The van der Waals surface area contributed by atoms with E-state index < -0.39 is 88.2 Å². The van der Waals surface area contributed by atoms with Crippen LogP contribution in [0.4, 0.5) is 10.6 Å². The summed E-state index contributed by atoms with van der Waals surface area (Å²) in [6, 6.07) is 9.18. The number of rotatable bonds is 12. The summed E-state index contributed by atoms with van der Waals surface area (Å²) in [6.07, 6.45) is -2.56. The third-order valence-corrected chi connectivity index (χ3v) is 19.0. The number of esters is 1. The number of fused-ring (bicyclic) bond motifs is 14. The van der Waals surface area contributed by atoms with Crippen molar-refractivity contribution in [2.24, 2.45) is 5.92 Å². The summed E-state index contributed by atoms with van der Waals surface area (Å²) in [5, 5.41) is 22.4. The van der Waals surface area contributed by atoms with Crippen LogP contribution in [0, 0.1) is 12.8 Å². The smallest absolute Gasteiger partial charge is 0.422 e. The maximum Gasteiger partial charge on any atom is 0.422 e. The van der Waals surface area contributed by atoms with E-state index in [4.69, 9.17) is 39.1 Å². The van der Waals surface area contributed by atoms with Gasteiger partial charge in [-0.25, -0.2) is 49.1 Å². The summed E-state index contributed by atoms with van der Waals surface area (Å²) in [4.78, 5) is 130. The molecule has 7 aromatic heterocycles. The largest absolute Gasteiger partial charge is 0.455 e. The van der Waals surface area contributed by atoms with Crippen molar-refractivity contribution in [1.29, 1.82) is 0 Å². The zero-order valence-corrected chi connectivity index (χ0v) is 53.5. The average molecular weight is 1320 g/mol. The van der Waals surface area contributed by atoms with Gasteiger partial charge in [-0.2, -0.15) is 8.42 Å². The summed E-state index contributed by atoms with van der Waals surface area (Å²) in [5.74, 6) is -4.11. The van der Waals surface area contributed by atoms with Crippen LogP contribution in [0.5, 0.6) is 0 Å². The van der Waals surface area contributed by atoms with Gasteiger partial charge in [0.1, 0.15) is 75.9 Å². The van der Waals surface area contributed by atoms with Gasteiger partial charge in [-0.3, -0.25) is 28.8 Å². The van der Waals surface area contributed by atoms with Gasteiger partial charge < -0.3 is 40.8 Å². The molecular weight excluding hydrogens is 1260 g/mol. The number of aromatic nitrogens is 7. The highest BCUT2D eigenvalue weighted by atomic mass is 32.2. The van der Waals surface area contributed by atoms with Crippen LogP contribution >= 0.6 is 68.0 Å². The van der Waals surface area contributed by atoms with Gasteiger partial charge in [0.25, 0.3) is 17.7 Å². The topological polar surface area (TPSA) is 356 Å². The molecule has 1 aromatic carbocycles. The molecule has 0 saturated heterocycles. The lowest BCUT2D eigenvalue weighted by Gasteiger charge is -2.26. The molecule has 33 heteroatoms. The third kappa shape index (κ3) is 15.6. The van der Waals surface area contributed by atoms with Crippen LogP contribution in [0.1, 0.15) is 134 Å². The van der Waals surface area contributed by atoms with Crippen molar-refractivity contribution in [3.63, 3.8) is 0 Å². The number of hydrogen-bond acceptors (Lipinski definition) is 25. The Balaban J connectivity index is 1.14. The third-order valence-electron chi connectivity index (χ3n) is 12.4. The number of nitrogens with one attached hydrogen (secondary N) is 7. The number of benzene rings is 1. The molecule has 4 atom stereocenters. The number of aryl methyl sites for hydroxylation is 1. The minimum Gasteiger partial charge on any atom is -0.455 e. The van der Waals surface area contributed by atoms with Crippen molar-refractivity contribution in [2.75, 3.05) is 25.4 Å². The van der Waals surface area contributed by atoms with Crippen LogP contribution in [-0.4, -0.2) is 111 Å². The molecule has 7 N–H and O–H groups in total. The van der Waals surface area contributed by atoms with E-state index in [1.807, 2.05) is 13.8 Å². The molecule has 6 amide bonds. The van der Waals surface area contributed by atoms with E-state index in [0.717, 1.165) is 56.7 Å². The van der Waals surface area contributed by atoms with Crippen LogP contribution < -0.4 is 36.0 Å². The van der Waals surface area contributed by atoms with Gasteiger partial charge in [-0.1, -0.05) is 44.2 Å². The van der Waals surface area contributed by atoms with E-state index in [1.54, 1.807) is 85.6 Å². The first-order valence-electron chi connectivity index (χ1n) is 26.3. The fourth-order valence-corrected chi connectivity index (χ4v) is 14.8. The Morgan fingerprint density at radius 3 is 2.11 bits per heavy atom. The van der Waals surface area contributed by atoms with Crippen molar-refractivity contribution < 1.29 is 56.2 Å². The number of carbonyl (C=O) groups excluding carboxylic acids is 7. The molecule has 10 bridgehead atoms. The lowest BCUT2D eigenvalue weighted by Crippen LogP contribution is -2.41. The van der Waals surface area contributed by atoms with Gasteiger partial charge >= 0.3 is 22.3 Å². The van der Waals surface area contributed by atoms with Gasteiger partial charge in [0.05, 0.1) is 42.2 Å². The number of methoxy groups -OCH3 is 1. The van der Waals surface area contributed by atoms with Crippen molar-refractivity contribution in [3.05, 3.63) is 111 Å². The van der Waals surface area contributed by atoms with Crippen LogP contribution in [0.15, 0.2) is 64.0 Å². The predicted octanol–water partition coefficient (Wildman–Crippen LogP) is 8.06. The molecule has 1 aliphatic heterocycles. The average Bonchev–Trinajstić information content (AvgIpc) is 2.15. The molecule has 87 heavy (non-hydrogen) atoms. The summed E-state index contributed by atoms with van der Waals surface area (Å²) in [5.41, 5.74) is 1.16. The fraction of sp³-hybridized carbons (Fsp3) is 0.333. The number of amides is 6. The Bertz CT molecular complexity index is 4020. The number of pyridine rings is 1. The van der Waals surface area contributed by atoms with E-state index in [-0.39, 0.29) is 63.2 Å². The van der Waals surface area contributed by atoms with Crippen LogP contribution in [0.3, 0.4) is 0 Å². The van der Waals surface area contributed by atoms with Crippen molar-refractivity contribution >= 4 is 126 Å². The molecular formula is C54H56N14O12S7. The number of anilines is 1. The van der Waals surface area contributed by atoms with Gasteiger partial charge in [0, 0.05) is 53.0 Å². The minimum absolute atomic E-state index is 0.0266. The SMILES string of the molecule is CNC(=O)C[C@@H]1NC(=O)c2csc(n2)-c2ccc(-c3nc(NS(=O)(=O)NC(=O)OC(C)(C)C)cs3)nc2-c2csc(n2)-c2csc(n2)[C@H]([C@@H](OC(C)=O)c2ccccc2)NC(=O)CNC(=O)c2nc(sc2COC)[C@H](C(C)C)NC(=O)c2nc1sc2C. The molecule has 456 valence electrons. The number of thiazole rings is 6. The normalized spacial score (nSPS) is 16.4. The molecule has 8 heterocycles. The number of ether oxygens (including phenoxy) is 3. The van der Waals surface area contributed by atoms with Crippen LogP contribution in [-0.2, 0) is 45.4 Å². The van der Waals surface area contributed by atoms with Crippen molar-refractivity contribution in [3.8, 4) is 43.4 Å². The molecule has 0 spiro atoms. The Hall–Kier alpha value is -8.05.